The van der Waals surface area contributed by atoms with E-state index in [-0.39, 0.29) is 11.7 Å². The van der Waals surface area contributed by atoms with Gasteiger partial charge in [-0.25, -0.2) is 9.37 Å². The number of amides is 1. The molecule has 1 aliphatic heterocycles. The van der Waals surface area contributed by atoms with Crippen molar-refractivity contribution in [1.82, 2.24) is 14.5 Å². The highest BCUT2D eigenvalue weighted by Crippen LogP contribution is 2.18. The Morgan fingerprint density at radius 2 is 2.19 bits per heavy atom. The maximum Gasteiger partial charge on any atom is 0.223 e. The Hall–Kier alpha value is -2.17. The van der Waals surface area contributed by atoms with Crippen LogP contribution < -0.4 is 0 Å². The van der Waals surface area contributed by atoms with Gasteiger partial charge in [-0.3, -0.25) is 4.79 Å². The molecule has 0 fully saturated rings. The lowest BCUT2D eigenvalue weighted by Gasteiger charge is -2.27. The molecule has 1 aromatic heterocycles. The molecule has 1 amide bonds. The maximum atomic E-state index is 13.6. The second-order valence-electron chi connectivity index (χ2n) is 5.41. The van der Waals surface area contributed by atoms with Crippen molar-refractivity contribution in [3.63, 3.8) is 0 Å². The first-order valence-corrected chi connectivity index (χ1v) is 7.15. The summed E-state index contributed by atoms with van der Waals surface area (Å²) in [6, 6.07) is 6.63. The molecule has 2 heterocycles. The number of benzene rings is 1. The number of fused-ring (bicyclic) bond motifs is 1. The summed E-state index contributed by atoms with van der Waals surface area (Å²) < 4.78 is 15.5. The van der Waals surface area contributed by atoms with Crippen LogP contribution in [-0.2, 0) is 31.2 Å². The van der Waals surface area contributed by atoms with E-state index in [1.807, 2.05) is 16.5 Å². The molecule has 1 aliphatic rings. The Labute approximate surface area is 123 Å². The molecular formula is C16H18FN3O. The van der Waals surface area contributed by atoms with Gasteiger partial charge in [-0.1, -0.05) is 18.2 Å². The molecule has 3 rings (SSSR count). The summed E-state index contributed by atoms with van der Waals surface area (Å²) in [4.78, 5) is 18.5. The number of halogens is 1. The molecule has 1 aromatic carbocycles. The number of carbonyl (C=O) groups is 1. The van der Waals surface area contributed by atoms with E-state index in [0.29, 0.717) is 31.5 Å². The predicted octanol–water partition coefficient (Wildman–Crippen LogP) is 2.08. The topological polar surface area (TPSA) is 38.1 Å². The highest BCUT2D eigenvalue weighted by Gasteiger charge is 2.23. The lowest BCUT2D eigenvalue weighted by Crippen LogP contribution is -2.36. The normalized spacial score (nSPS) is 14.1. The van der Waals surface area contributed by atoms with Crippen LogP contribution in [0.25, 0.3) is 0 Å². The Morgan fingerprint density at radius 1 is 1.38 bits per heavy atom. The van der Waals surface area contributed by atoms with Gasteiger partial charge < -0.3 is 9.47 Å². The summed E-state index contributed by atoms with van der Waals surface area (Å²) in [7, 11) is 1.94. The van der Waals surface area contributed by atoms with Crippen LogP contribution in [0.2, 0.25) is 0 Å². The first-order valence-electron chi connectivity index (χ1n) is 7.15. The molecule has 0 unspecified atom stereocenters. The Kier molecular flexibility index (Phi) is 3.73. The number of aryl methyl sites for hydroxylation is 2. The van der Waals surface area contributed by atoms with Gasteiger partial charge in [0.15, 0.2) is 0 Å². The van der Waals surface area contributed by atoms with Crippen LogP contribution in [0, 0.1) is 5.82 Å². The maximum absolute atomic E-state index is 13.6. The van der Waals surface area contributed by atoms with E-state index in [0.717, 1.165) is 17.8 Å². The number of imidazole rings is 1. The molecule has 0 N–H and O–H groups in total. The lowest BCUT2D eigenvalue weighted by molar-refractivity contribution is -0.132. The quantitative estimate of drug-likeness (QED) is 0.867. The summed E-state index contributed by atoms with van der Waals surface area (Å²) in [5.74, 6) is -0.164. The smallest absolute Gasteiger partial charge is 0.223 e. The second-order valence-corrected chi connectivity index (χ2v) is 5.41. The van der Waals surface area contributed by atoms with Crippen molar-refractivity contribution in [2.45, 2.75) is 25.8 Å². The fraction of sp³-hybridized carbons (Fsp3) is 0.375. The minimum atomic E-state index is -0.238. The van der Waals surface area contributed by atoms with E-state index >= 15 is 0 Å². The summed E-state index contributed by atoms with van der Waals surface area (Å²) in [5, 5.41) is 0. The van der Waals surface area contributed by atoms with Gasteiger partial charge in [-0.05, 0) is 18.1 Å². The van der Waals surface area contributed by atoms with Gasteiger partial charge in [0.05, 0.1) is 24.3 Å². The van der Waals surface area contributed by atoms with Gasteiger partial charge in [0.25, 0.3) is 0 Å². The molecule has 4 nitrogen and oxygen atoms in total. The summed E-state index contributed by atoms with van der Waals surface area (Å²) >= 11 is 0. The van der Waals surface area contributed by atoms with Crippen LogP contribution >= 0.6 is 0 Å². The van der Waals surface area contributed by atoms with Crippen molar-refractivity contribution in [1.29, 1.82) is 0 Å². The van der Waals surface area contributed by atoms with Gasteiger partial charge in [0.2, 0.25) is 5.91 Å². The van der Waals surface area contributed by atoms with E-state index < -0.39 is 0 Å². The molecule has 0 bridgehead atoms. The molecule has 0 saturated heterocycles. The second kappa shape index (κ2) is 5.68. The van der Waals surface area contributed by atoms with Crippen molar-refractivity contribution in [3.8, 4) is 0 Å². The molecule has 0 spiro atoms. The number of aromatic nitrogens is 2. The molecular weight excluding hydrogens is 269 g/mol. The number of rotatable bonds is 3. The third-order valence-corrected chi connectivity index (χ3v) is 4.02. The Bertz CT molecular complexity index is 665. The molecule has 5 heteroatoms. The van der Waals surface area contributed by atoms with Crippen LogP contribution in [-0.4, -0.2) is 26.9 Å². The van der Waals surface area contributed by atoms with E-state index in [9.17, 15) is 9.18 Å². The van der Waals surface area contributed by atoms with Crippen LogP contribution in [0.4, 0.5) is 4.39 Å². The van der Waals surface area contributed by atoms with E-state index in [4.69, 9.17) is 0 Å². The van der Waals surface area contributed by atoms with Crippen LogP contribution in [0.3, 0.4) is 0 Å². The van der Waals surface area contributed by atoms with Crippen molar-refractivity contribution in [2.24, 2.45) is 7.05 Å². The molecule has 110 valence electrons. The van der Waals surface area contributed by atoms with Gasteiger partial charge in [0.1, 0.15) is 5.82 Å². The number of carbonyl (C=O) groups excluding carboxylic acids is 1. The zero-order valence-electron chi connectivity index (χ0n) is 12.1. The van der Waals surface area contributed by atoms with E-state index in [1.54, 1.807) is 24.5 Å². The third kappa shape index (κ3) is 2.82. The zero-order valence-corrected chi connectivity index (χ0v) is 12.1. The lowest BCUT2D eigenvalue weighted by atomic mass is 10.1. The largest absolute Gasteiger partial charge is 0.336 e. The van der Waals surface area contributed by atoms with Crippen LogP contribution in [0.5, 0.6) is 0 Å². The molecule has 21 heavy (non-hydrogen) atoms. The molecule has 0 radical (unpaired) electrons. The molecule has 0 saturated carbocycles. The van der Waals surface area contributed by atoms with Crippen molar-refractivity contribution >= 4 is 5.91 Å². The summed E-state index contributed by atoms with van der Waals surface area (Å²) in [6.07, 6.45) is 3.37. The van der Waals surface area contributed by atoms with Crippen molar-refractivity contribution in [2.75, 3.05) is 6.54 Å². The average Bonchev–Trinajstić information content (AvgIpc) is 2.87. The van der Waals surface area contributed by atoms with Gasteiger partial charge >= 0.3 is 0 Å². The Morgan fingerprint density at radius 3 is 3.00 bits per heavy atom. The highest BCUT2D eigenvalue weighted by molar-refractivity contribution is 5.76. The average molecular weight is 287 g/mol. The monoisotopic (exact) mass is 287 g/mol. The fourth-order valence-corrected chi connectivity index (χ4v) is 2.73. The van der Waals surface area contributed by atoms with Gasteiger partial charge in [-0.2, -0.15) is 0 Å². The van der Waals surface area contributed by atoms with E-state index in [2.05, 4.69) is 4.98 Å². The number of hydrogen-bond acceptors (Lipinski definition) is 2. The number of nitrogens with zero attached hydrogens (tertiary/aromatic N) is 3. The highest BCUT2D eigenvalue weighted by atomic mass is 19.1. The molecule has 0 atom stereocenters. The summed E-state index contributed by atoms with van der Waals surface area (Å²) in [6.45, 7) is 1.29. The first-order chi connectivity index (χ1) is 10.1. The number of hydrogen-bond donors (Lipinski definition) is 0. The fourth-order valence-electron chi connectivity index (χ4n) is 2.73. The van der Waals surface area contributed by atoms with E-state index in [1.165, 1.54) is 6.07 Å². The van der Waals surface area contributed by atoms with Crippen LogP contribution in [0.1, 0.15) is 23.4 Å². The Balaban J connectivity index is 1.62. The SMILES string of the molecule is Cn1cnc2c1CN(C(=O)CCc1ccccc1F)CC2. The van der Waals surface area contributed by atoms with Gasteiger partial charge in [0, 0.05) is 26.4 Å². The minimum absolute atomic E-state index is 0.0742. The van der Waals surface area contributed by atoms with Crippen molar-refractivity contribution < 1.29 is 9.18 Å². The van der Waals surface area contributed by atoms with Gasteiger partial charge in [-0.15, -0.1) is 0 Å². The predicted molar refractivity (Wildman–Crippen MR) is 77.1 cm³/mol. The third-order valence-electron chi connectivity index (χ3n) is 4.02. The molecule has 0 aliphatic carbocycles. The first kappa shape index (κ1) is 13.8. The minimum Gasteiger partial charge on any atom is -0.336 e. The summed E-state index contributed by atoms with van der Waals surface area (Å²) in [5.41, 5.74) is 2.78. The van der Waals surface area contributed by atoms with Crippen molar-refractivity contribution in [3.05, 3.63) is 53.4 Å². The standard InChI is InChI=1S/C16H18FN3O/c1-19-11-18-14-8-9-20(10-15(14)19)16(21)7-6-12-4-2-3-5-13(12)17/h2-5,11H,6-10H2,1H3. The van der Waals surface area contributed by atoms with Crippen LogP contribution in [0.15, 0.2) is 30.6 Å². The zero-order chi connectivity index (χ0) is 14.8. The molecule has 2 aromatic rings.